The molecule has 3 heterocycles. The summed E-state index contributed by atoms with van der Waals surface area (Å²) < 4.78 is 4.64. The van der Waals surface area contributed by atoms with Crippen LogP contribution in [0.25, 0.3) is 48.2 Å². The summed E-state index contributed by atoms with van der Waals surface area (Å²) in [6, 6.07) is 20.5. The van der Waals surface area contributed by atoms with E-state index in [-0.39, 0.29) is 11.3 Å². The van der Waals surface area contributed by atoms with Crippen LogP contribution in [-0.2, 0) is 6.54 Å². The Morgan fingerprint density at radius 2 is 1.85 bits per heavy atom. The van der Waals surface area contributed by atoms with Crippen molar-refractivity contribution in [2.45, 2.75) is 13.5 Å². The van der Waals surface area contributed by atoms with Gasteiger partial charge in [-0.15, -0.1) is 0 Å². The first-order chi connectivity index (χ1) is 16.5. The molecule has 0 radical (unpaired) electrons. The third-order valence-electron chi connectivity index (χ3n) is 6.13. The summed E-state index contributed by atoms with van der Waals surface area (Å²) in [5, 5.41) is 23.4. The first-order valence-electron chi connectivity index (χ1n) is 10.6. The third-order valence-corrected chi connectivity index (χ3v) is 7.15. The van der Waals surface area contributed by atoms with Crippen molar-refractivity contribution in [2.75, 3.05) is 0 Å². The van der Waals surface area contributed by atoms with Gasteiger partial charge in [-0.25, -0.2) is 0 Å². The Morgan fingerprint density at radius 3 is 2.62 bits per heavy atom. The van der Waals surface area contributed by atoms with E-state index in [1.165, 1.54) is 23.5 Å². The molecule has 0 amide bonds. The van der Waals surface area contributed by atoms with Gasteiger partial charge in [0.15, 0.2) is 4.96 Å². The van der Waals surface area contributed by atoms with Crippen molar-refractivity contribution in [2.24, 2.45) is 0 Å². The lowest BCUT2D eigenvalue weighted by molar-refractivity contribution is -0.384. The lowest BCUT2D eigenvalue weighted by Gasteiger charge is -2.09. The maximum Gasteiger partial charge on any atom is 0.292 e. The monoisotopic (exact) mass is 465 g/mol. The molecule has 0 atom stereocenters. The van der Waals surface area contributed by atoms with Gasteiger partial charge in [0.25, 0.3) is 11.2 Å². The fourth-order valence-electron chi connectivity index (χ4n) is 4.69. The Bertz CT molecular complexity index is 1920. The molecular formula is C25H15N5O3S. The summed E-state index contributed by atoms with van der Waals surface area (Å²) in [5.41, 5.74) is 2.96. The second-order valence-electron chi connectivity index (χ2n) is 7.87. The molecule has 9 heteroatoms. The predicted molar refractivity (Wildman–Crippen MR) is 132 cm³/mol. The zero-order valence-electron chi connectivity index (χ0n) is 17.8. The smallest absolute Gasteiger partial charge is 0.292 e. The summed E-state index contributed by atoms with van der Waals surface area (Å²) in [7, 11) is 0. The minimum Gasteiger partial charge on any atom is -0.341 e. The van der Waals surface area contributed by atoms with E-state index in [1.54, 1.807) is 10.5 Å². The molecule has 8 nitrogen and oxygen atoms in total. The van der Waals surface area contributed by atoms with Crippen molar-refractivity contribution in [1.29, 1.82) is 5.26 Å². The first kappa shape index (κ1) is 20.1. The fraction of sp³-hybridized carbons (Fsp3) is 0.0800. The van der Waals surface area contributed by atoms with Gasteiger partial charge in [0.1, 0.15) is 11.6 Å². The summed E-state index contributed by atoms with van der Waals surface area (Å²) >= 11 is 1.25. The molecule has 0 aliphatic carbocycles. The standard InChI is InChI=1S/C25H15N5O3S/c1-2-28-19-6-4-3-5-16(19)17-11-14(7-9-20(17)28)23-18(13-26)24(31)27-25-29(23)21-12-15(30(32)33)8-10-22(21)34-25/h3-12H,2H2,1H3. The molecule has 34 heavy (non-hydrogen) atoms. The Hall–Kier alpha value is -4.55. The summed E-state index contributed by atoms with van der Waals surface area (Å²) in [6.07, 6.45) is 0. The molecule has 0 aliphatic heterocycles. The van der Waals surface area contributed by atoms with Crippen LogP contribution in [0.15, 0.2) is 65.5 Å². The Kier molecular flexibility index (Phi) is 4.27. The van der Waals surface area contributed by atoms with Crippen LogP contribution in [0.4, 0.5) is 5.69 Å². The van der Waals surface area contributed by atoms with E-state index in [0.717, 1.165) is 33.1 Å². The highest BCUT2D eigenvalue weighted by atomic mass is 32.1. The molecule has 0 bridgehead atoms. The Morgan fingerprint density at radius 1 is 1.06 bits per heavy atom. The highest BCUT2D eigenvalue weighted by molar-refractivity contribution is 7.23. The van der Waals surface area contributed by atoms with Gasteiger partial charge < -0.3 is 4.57 Å². The van der Waals surface area contributed by atoms with E-state index < -0.39 is 10.5 Å². The zero-order chi connectivity index (χ0) is 23.6. The van der Waals surface area contributed by atoms with E-state index in [4.69, 9.17) is 0 Å². The molecule has 0 aliphatic rings. The molecule has 0 unspecified atom stereocenters. The van der Waals surface area contributed by atoms with Gasteiger partial charge in [0.05, 0.1) is 20.8 Å². The van der Waals surface area contributed by atoms with Crippen LogP contribution in [-0.4, -0.2) is 18.9 Å². The van der Waals surface area contributed by atoms with E-state index in [2.05, 4.69) is 28.6 Å². The second-order valence-corrected chi connectivity index (χ2v) is 8.88. The number of hydrogen-bond acceptors (Lipinski definition) is 6. The predicted octanol–water partition coefficient (Wildman–Crippen LogP) is 5.48. The number of para-hydroxylation sites is 1. The van der Waals surface area contributed by atoms with Crippen molar-refractivity contribution in [3.05, 3.63) is 86.7 Å². The molecule has 6 aromatic rings. The van der Waals surface area contributed by atoms with Crippen LogP contribution in [0.5, 0.6) is 0 Å². The minimum atomic E-state index is -0.616. The van der Waals surface area contributed by atoms with Gasteiger partial charge in [0, 0.05) is 46.0 Å². The third kappa shape index (κ3) is 2.69. The lowest BCUT2D eigenvalue weighted by Crippen LogP contribution is -2.15. The van der Waals surface area contributed by atoms with Gasteiger partial charge in [-0.3, -0.25) is 19.3 Å². The SMILES string of the molecule is CCn1c2ccccc2c2cc(-c3c(C#N)c(=O)nc4sc5ccc([N+](=O)[O-])cc5n34)ccc21. The topological polar surface area (TPSA) is 106 Å². The molecule has 164 valence electrons. The van der Waals surface area contributed by atoms with E-state index in [9.17, 15) is 20.2 Å². The average Bonchev–Trinajstić information content (AvgIpc) is 3.36. The fourth-order valence-corrected chi connectivity index (χ4v) is 5.69. The number of nitriles is 1. The number of nitro benzene ring substituents is 1. The van der Waals surface area contributed by atoms with Gasteiger partial charge in [0.2, 0.25) is 0 Å². The number of rotatable bonds is 3. The van der Waals surface area contributed by atoms with Crippen LogP contribution < -0.4 is 5.56 Å². The molecule has 0 spiro atoms. The van der Waals surface area contributed by atoms with Crippen LogP contribution in [0.3, 0.4) is 0 Å². The van der Waals surface area contributed by atoms with Gasteiger partial charge in [-0.2, -0.15) is 10.2 Å². The number of nitrogens with zero attached hydrogens (tertiary/aromatic N) is 5. The quantitative estimate of drug-likeness (QED) is 0.254. The van der Waals surface area contributed by atoms with Crippen molar-refractivity contribution in [3.63, 3.8) is 0 Å². The Labute approximate surface area is 195 Å². The Balaban J connectivity index is 1.78. The van der Waals surface area contributed by atoms with Crippen LogP contribution in [0, 0.1) is 21.4 Å². The second kappa shape index (κ2) is 7.23. The normalized spacial score (nSPS) is 11.5. The molecule has 3 aromatic carbocycles. The molecule has 3 aromatic heterocycles. The minimum absolute atomic E-state index is 0.0724. The molecule has 0 fully saturated rings. The number of fused-ring (bicyclic) bond motifs is 6. The number of thiazole rings is 1. The largest absolute Gasteiger partial charge is 0.341 e. The highest BCUT2D eigenvalue weighted by Crippen LogP contribution is 2.36. The zero-order valence-corrected chi connectivity index (χ0v) is 18.7. The lowest BCUT2D eigenvalue weighted by atomic mass is 10.0. The summed E-state index contributed by atoms with van der Waals surface area (Å²) in [5.74, 6) is 0. The van der Waals surface area contributed by atoms with E-state index >= 15 is 0 Å². The van der Waals surface area contributed by atoms with Crippen molar-refractivity contribution >= 4 is 54.0 Å². The molecule has 0 saturated carbocycles. The van der Waals surface area contributed by atoms with Crippen molar-refractivity contribution in [3.8, 4) is 17.3 Å². The number of benzene rings is 3. The number of aromatic nitrogens is 3. The first-order valence-corrected chi connectivity index (χ1v) is 11.4. The van der Waals surface area contributed by atoms with Crippen molar-refractivity contribution < 1.29 is 4.92 Å². The number of non-ortho nitro benzene ring substituents is 1. The van der Waals surface area contributed by atoms with Gasteiger partial charge in [-0.1, -0.05) is 35.6 Å². The maximum atomic E-state index is 12.8. The van der Waals surface area contributed by atoms with E-state index in [0.29, 0.717) is 21.7 Å². The number of hydrogen-bond donors (Lipinski definition) is 0. The van der Waals surface area contributed by atoms with E-state index in [1.807, 2.05) is 36.4 Å². The average molecular weight is 465 g/mol. The van der Waals surface area contributed by atoms with Crippen LogP contribution in [0.1, 0.15) is 12.5 Å². The number of aryl methyl sites for hydroxylation is 1. The molecule has 0 saturated heterocycles. The van der Waals surface area contributed by atoms with Crippen molar-refractivity contribution in [1.82, 2.24) is 14.0 Å². The molecular weight excluding hydrogens is 450 g/mol. The van der Waals surface area contributed by atoms with Gasteiger partial charge >= 0.3 is 0 Å². The highest BCUT2D eigenvalue weighted by Gasteiger charge is 2.21. The van der Waals surface area contributed by atoms with Crippen LogP contribution >= 0.6 is 11.3 Å². The number of nitro groups is 1. The molecule has 6 rings (SSSR count). The molecule has 0 N–H and O–H groups in total. The summed E-state index contributed by atoms with van der Waals surface area (Å²) in [4.78, 5) is 28.2. The maximum absolute atomic E-state index is 12.8. The van der Waals surface area contributed by atoms with Gasteiger partial charge in [-0.05, 0) is 31.2 Å². The van der Waals surface area contributed by atoms with Crippen LogP contribution in [0.2, 0.25) is 0 Å². The summed E-state index contributed by atoms with van der Waals surface area (Å²) in [6.45, 7) is 2.88.